The number of amides is 1. The molecule has 0 fully saturated rings. The third kappa shape index (κ3) is 5.72. The average molecular weight is 513 g/mol. The van der Waals surface area contributed by atoms with E-state index in [9.17, 15) is 9.18 Å². The zero-order chi connectivity index (χ0) is 20.3. The minimum absolute atomic E-state index is 0. The van der Waals surface area contributed by atoms with Gasteiger partial charge in [0.25, 0.3) is 0 Å². The van der Waals surface area contributed by atoms with Crippen LogP contribution in [0.3, 0.4) is 0 Å². The Bertz CT molecular complexity index is 858. The third-order valence-corrected chi connectivity index (χ3v) is 5.08. The van der Waals surface area contributed by atoms with E-state index in [4.69, 9.17) is 27.9 Å². The van der Waals surface area contributed by atoms with Crippen LogP contribution in [0.4, 0.5) is 4.39 Å². The lowest BCUT2D eigenvalue weighted by atomic mass is 9.98. The van der Waals surface area contributed by atoms with Gasteiger partial charge in [-0.3, -0.25) is 9.78 Å². The molecule has 0 aliphatic heterocycles. The van der Waals surface area contributed by atoms with Gasteiger partial charge in [0.15, 0.2) is 11.0 Å². The molecule has 1 heterocycles. The van der Waals surface area contributed by atoms with Crippen molar-refractivity contribution in [3.8, 4) is 5.75 Å². The summed E-state index contributed by atoms with van der Waals surface area (Å²) in [6.45, 7) is 7.06. The second-order valence-electron chi connectivity index (χ2n) is 6.26. The highest BCUT2D eigenvalue weighted by Gasteiger charge is 2.27. The van der Waals surface area contributed by atoms with Gasteiger partial charge in [-0.15, -0.1) is 0 Å². The Kier molecular flexibility index (Phi) is 9.46. The fourth-order valence-corrected chi connectivity index (χ4v) is 3.57. The van der Waals surface area contributed by atoms with Gasteiger partial charge in [0.1, 0.15) is 5.75 Å². The SMILES string of the molecule is CC(C)Oc1c([C@H](C)C(=O)NC(C)c2nccnc2Cl)cc(Cl)c(F)c1Br.S. The Hall–Kier alpha value is -1.09. The lowest BCUT2D eigenvalue weighted by molar-refractivity contribution is -0.122. The number of carbonyl (C=O) groups excluding carboxylic acids is 1. The minimum atomic E-state index is -0.661. The van der Waals surface area contributed by atoms with Crippen LogP contribution in [0, 0.1) is 5.82 Å². The average Bonchev–Trinajstić information content (AvgIpc) is 2.61. The van der Waals surface area contributed by atoms with Crippen LogP contribution in [0.5, 0.6) is 5.75 Å². The molecule has 1 amide bonds. The van der Waals surface area contributed by atoms with E-state index in [1.807, 2.05) is 13.8 Å². The first-order valence-electron chi connectivity index (χ1n) is 8.24. The molecule has 0 aliphatic carbocycles. The molecule has 1 N–H and O–H groups in total. The zero-order valence-electron chi connectivity index (χ0n) is 15.7. The van der Waals surface area contributed by atoms with Crippen LogP contribution >= 0.6 is 52.6 Å². The van der Waals surface area contributed by atoms with Gasteiger partial charge in [-0.25, -0.2) is 9.37 Å². The summed E-state index contributed by atoms with van der Waals surface area (Å²) in [6, 6.07) is 0.943. The largest absolute Gasteiger partial charge is 0.489 e. The molecule has 5 nitrogen and oxygen atoms in total. The van der Waals surface area contributed by atoms with Crippen LogP contribution in [0.2, 0.25) is 10.2 Å². The second-order valence-corrected chi connectivity index (χ2v) is 7.81. The summed E-state index contributed by atoms with van der Waals surface area (Å²) in [7, 11) is 0. The molecule has 0 radical (unpaired) electrons. The van der Waals surface area contributed by atoms with Gasteiger partial charge in [0, 0.05) is 18.0 Å². The van der Waals surface area contributed by atoms with Gasteiger partial charge >= 0.3 is 0 Å². The van der Waals surface area contributed by atoms with Gasteiger partial charge in [-0.2, -0.15) is 13.5 Å². The molecule has 2 aromatic rings. The molecule has 2 rings (SSSR count). The van der Waals surface area contributed by atoms with Crippen molar-refractivity contribution in [2.24, 2.45) is 0 Å². The van der Waals surface area contributed by atoms with E-state index >= 15 is 0 Å². The normalized spacial score (nSPS) is 12.9. The maximum Gasteiger partial charge on any atom is 0.227 e. The standard InChI is InChI=1S/C18H19BrCl2FN3O2.H2S/c1-8(2)27-16-11(7-12(20)14(22)13(16)19)9(3)18(26)25-10(4)15-17(21)24-6-5-23-15;/h5-10H,1-4H3,(H,25,26);1H2/t9-,10?;/m0./s1. The Labute approximate surface area is 189 Å². The molecule has 1 unspecified atom stereocenters. The van der Waals surface area contributed by atoms with Gasteiger partial charge in [0.2, 0.25) is 5.91 Å². The molecule has 2 atom stereocenters. The summed E-state index contributed by atoms with van der Waals surface area (Å²) >= 11 is 15.2. The molecule has 154 valence electrons. The molecular weight excluding hydrogens is 492 g/mol. The van der Waals surface area contributed by atoms with Crippen LogP contribution in [0.15, 0.2) is 22.9 Å². The van der Waals surface area contributed by atoms with Crippen LogP contribution in [-0.2, 0) is 4.79 Å². The Morgan fingerprint density at radius 3 is 2.39 bits per heavy atom. The van der Waals surface area contributed by atoms with E-state index in [0.717, 1.165) is 0 Å². The van der Waals surface area contributed by atoms with Crippen molar-refractivity contribution >= 4 is 58.5 Å². The Morgan fingerprint density at radius 1 is 1.21 bits per heavy atom. The molecule has 10 heteroatoms. The predicted molar refractivity (Wildman–Crippen MR) is 117 cm³/mol. The maximum atomic E-state index is 14.2. The molecule has 0 bridgehead atoms. The molecule has 0 saturated carbocycles. The van der Waals surface area contributed by atoms with Crippen molar-refractivity contribution in [3.05, 3.63) is 50.2 Å². The van der Waals surface area contributed by atoms with Gasteiger partial charge in [-0.05, 0) is 49.7 Å². The smallest absolute Gasteiger partial charge is 0.227 e. The van der Waals surface area contributed by atoms with E-state index in [-0.39, 0.29) is 45.9 Å². The third-order valence-electron chi connectivity index (χ3n) is 3.81. The summed E-state index contributed by atoms with van der Waals surface area (Å²) in [4.78, 5) is 20.9. The maximum absolute atomic E-state index is 14.2. The topological polar surface area (TPSA) is 64.1 Å². The van der Waals surface area contributed by atoms with Crippen molar-refractivity contribution in [1.29, 1.82) is 0 Å². The van der Waals surface area contributed by atoms with Gasteiger partial charge in [0.05, 0.1) is 33.3 Å². The lowest BCUT2D eigenvalue weighted by Crippen LogP contribution is -2.31. The number of benzene rings is 1. The summed E-state index contributed by atoms with van der Waals surface area (Å²) in [5, 5.41) is 2.95. The number of aromatic nitrogens is 2. The van der Waals surface area contributed by atoms with Crippen LogP contribution in [0.1, 0.15) is 50.9 Å². The van der Waals surface area contributed by atoms with Crippen LogP contribution < -0.4 is 10.1 Å². The minimum Gasteiger partial charge on any atom is -0.489 e. The molecule has 1 aromatic heterocycles. The van der Waals surface area contributed by atoms with E-state index in [1.165, 1.54) is 18.5 Å². The highest BCUT2D eigenvalue weighted by molar-refractivity contribution is 9.10. The lowest BCUT2D eigenvalue weighted by Gasteiger charge is -2.22. The highest BCUT2D eigenvalue weighted by Crippen LogP contribution is 2.40. The number of ether oxygens (including phenoxy) is 1. The quantitative estimate of drug-likeness (QED) is 0.514. The van der Waals surface area contributed by atoms with Gasteiger partial charge in [-0.1, -0.05) is 23.2 Å². The van der Waals surface area contributed by atoms with E-state index in [2.05, 4.69) is 31.2 Å². The fourth-order valence-electron chi connectivity index (χ4n) is 2.44. The molecule has 0 spiro atoms. The molecular formula is C18H21BrCl2FN3O2S. The number of nitrogens with one attached hydrogen (secondary N) is 1. The number of hydrogen-bond acceptors (Lipinski definition) is 4. The molecule has 1 aromatic carbocycles. The number of nitrogens with zero attached hydrogens (tertiary/aromatic N) is 2. The van der Waals surface area contributed by atoms with E-state index in [0.29, 0.717) is 11.3 Å². The number of rotatable bonds is 6. The monoisotopic (exact) mass is 511 g/mol. The summed E-state index contributed by atoms with van der Waals surface area (Å²) < 4.78 is 20.0. The van der Waals surface area contributed by atoms with E-state index < -0.39 is 17.8 Å². The van der Waals surface area contributed by atoms with Crippen molar-refractivity contribution in [2.75, 3.05) is 0 Å². The number of halogens is 4. The first kappa shape index (κ1) is 24.9. The van der Waals surface area contributed by atoms with E-state index in [1.54, 1.807) is 13.8 Å². The van der Waals surface area contributed by atoms with Crippen molar-refractivity contribution in [1.82, 2.24) is 15.3 Å². The Morgan fingerprint density at radius 2 is 1.82 bits per heavy atom. The summed E-state index contributed by atoms with van der Waals surface area (Å²) in [5.74, 6) is -1.36. The van der Waals surface area contributed by atoms with Gasteiger partial charge < -0.3 is 10.1 Å². The first-order valence-corrected chi connectivity index (χ1v) is 9.79. The van der Waals surface area contributed by atoms with Crippen molar-refractivity contribution in [3.63, 3.8) is 0 Å². The second kappa shape index (κ2) is 10.6. The zero-order valence-corrected chi connectivity index (χ0v) is 19.8. The first-order chi connectivity index (χ1) is 12.6. The molecule has 0 saturated heterocycles. The predicted octanol–water partition coefficient (Wildman–Crippen LogP) is 5.57. The summed E-state index contributed by atoms with van der Waals surface area (Å²) in [5.41, 5.74) is 0.925. The van der Waals surface area contributed by atoms with Crippen molar-refractivity contribution in [2.45, 2.75) is 45.8 Å². The Balaban J connectivity index is 0.00000392. The van der Waals surface area contributed by atoms with Crippen LogP contribution in [-0.4, -0.2) is 22.0 Å². The van der Waals surface area contributed by atoms with Crippen LogP contribution in [0.25, 0.3) is 0 Å². The van der Waals surface area contributed by atoms with Crippen molar-refractivity contribution < 1.29 is 13.9 Å². The highest BCUT2D eigenvalue weighted by atomic mass is 79.9. The number of carbonyl (C=O) groups is 1. The summed E-state index contributed by atoms with van der Waals surface area (Å²) in [6.07, 6.45) is 2.75. The fraction of sp³-hybridized carbons (Fsp3) is 0.389. The molecule has 28 heavy (non-hydrogen) atoms. The number of hydrogen-bond donors (Lipinski definition) is 1. The molecule has 0 aliphatic rings.